The first kappa shape index (κ1) is 9.85. The van der Waals surface area contributed by atoms with Crippen molar-refractivity contribution in [3.05, 3.63) is 36.7 Å². The summed E-state index contributed by atoms with van der Waals surface area (Å²) >= 11 is 1.43. The standard InChI is InChI=1S/C9H6INO2S/c10-14(12,13)9-2-1-8-6-11-4-3-7(8)5-9/h1-6H. The molecule has 0 N–H and O–H groups in total. The first-order valence-corrected chi connectivity index (χ1v) is 7.88. The van der Waals surface area contributed by atoms with Gasteiger partial charge in [0, 0.05) is 17.8 Å². The Balaban J connectivity index is 2.75. The average Bonchev–Trinajstić information content (AvgIpc) is 2.16. The highest BCUT2D eigenvalue weighted by atomic mass is 127. The first-order chi connectivity index (χ1) is 6.57. The summed E-state index contributed by atoms with van der Waals surface area (Å²) in [5.41, 5.74) is 0. The fourth-order valence-electron chi connectivity index (χ4n) is 1.21. The predicted molar refractivity (Wildman–Crippen MR) is 62.9 cm³/mol. The second-order valence-electron chi connectivity index (χ2n) is 2.82. The minimum Gasteiger partial charge on any atom is -0.264 e. The van der Waals surface area contributed by atoms with Crippen molar-refractivity contribution < 1.29 is 8.42 Å². The molecule has 0 saturated carbocycles. The molecular weight excluding hydrogens is 313 g/mol. The van der Waals surface area contributed by atoms with Crippen LogP contribution in [0.2, 0.25) is 0 Å². The average molecular weight is 319 g/mol. The number of halogens is 1. The lowest BCUT2D eigenvalue weighted by atomic mass is 10.2. The van der Waals surface area contributed by atoms with Gasteiger partial charge in [-0.2, -0.15) is 0 Å². The molecule has 0 amide bonds. The smallest absolute Gasteiger partial charge is 0.231 e. The van der Waals surface area contributed by atoms with Crippen molar-refractivity contribution in [1.82, 2.24) is 4.98 Å². The zero-order valence-electron chi connectivity index (χ0n) is 7.01. The Kier molecular flexibility index (Phi) is 2.44. The van der Waals surface area contributed by atoms with Crippen LogP contribution in [0.5, 0.6) is 0 Å². The monoisotopic (exact) mass is 319 g/mol. The van der Waals surface area contributed by atoms with Crippen LogP contribution in [0.1, 0.15) is 0 Å². The maximum atomic E-state index is 11.2. The van der Waals surface area contributed by atoms with E-state index in [2.05, 4.69) is 4.98 Å². The highest BCUT2D eigenvalue weighted by Crippen LogP contribution is 2.22. The number of aromatic nitrogens is 1. The summed E-state index contributed by atoms with van der Waals surface area (Å²) in [5.74, 6) is 0. The molecule has 2 aromatic rings. The molecule has 0 bridgehead atoms. The molecule has 1 aromatic heterocycles. The minimum absolute atomic E-state index is 0.330. The van der Waals surface area contributed by atoms with Gasteiger partial charge in [-0.05, 0) is 23.6 Å². The van der Waals surface area contributed by atoms with Gasteiger partial charge in [-0.1, -0.05) is 6.07 Å². The number of rotatable bonds is 1. The van der Waals surface area contributed by atoms with E-state index in [1.165, 1.54) is 21.2 Å². The highest BCUT2D eigenvalue weighted by molar-refractivity contribution is 14.2. The molecule has 0 saturated heterocycles. The van der Waals surface area contributed by atoms with E-state index in [-0.39, 0.29) is 0 Å². The van der Waals surface area contributed by atoms with E-state index in [1.54, 1.807) is 36.7 Å². The van der Waals surface area contributed by atoms with E-state index in [0.29, 0.717) is 4.90 Å². The van der Waals surface area contributed by atoms with E-state index in [4.69, 9.17) is 0 Å². The number of nitrogens with zero attached hydrogens (tertiary/aromatic N) is 1. The van der Waals surface area contributed by atoms with Crippen molar-refractivity contribution in [2.24, 2.45) is 0 Å². The van der Waals surface area contributed by atoms with Gasteiger partial charge in [0.2, 0.25) is 7.01 Å². The molecule has 3 nitrogen and oxygen atoms in total. The lowest BCUT2D eigenvalue weighted by molar-refractivity contribution is 0.613. The molecular formula is C9H6INO2S. The maximum absolute atomic E-state index is 11.2. The molecule has 0 atom stereocenters. The molecule has 0 unspecified atom stereocenters. The molecule has 0 spiro atoms. The second kappa shape index (κ2) is 3.47. The van der Waals surface area contributed by atoms with Crippen LogP contribution < -0.4 is 0 Å². The number of pyridine rings is 1. The quantitative estimate of drug-likeness (QED) is 0.599. The number of benzene rings is 1. The fraction of sp³-hybridized carbons (Fsp3) is 0. The van der Waals surface area contributed by atoms with Gasteiger partial charge in [-0.3, -0.25) is 4.98 Å². The Morgan fingerprint density at radius 1 is 1.14 bits per heavy atom. The Morgan fingerprint density at radius 2 is 1.93 bits per heavy atom. The third-order valence-electron chi connectivity index (χ3n) is 1.89. The molecule has 0 radical (unpaired) electrons. The van der Waals surface area contributed by atoms with Crippen molar-refractivity contribution >= 4 is 39.0 Å². The van der Waals surface area contributed by atoms with Crippen LogP contribution in [-0.2, 0) is 7.01 Å². The van der Waals surface area contributed by atoms with Crippen LogP contribution in [0.3, 0.4) is 0 Å². The summed E-state index contributed by atoms with van der Waals surface area (Å²) < 4.78 is 22.5. The largest absolute Gasteiger partial charge is 0.264 e. The second-order valence-corrected chi connectivity index (χ2v) is 7.65. The van der Waals surface area contributed by atoms with Gasteiger partial charge in [-0.15, -0.1) is 0 Å². The predicted octanol–water partition coefficient (Wildman–Crippen LogP) is 2.36. The van der Waals surface area contributed by atoms with Gasteiger partial charge in [0.05, 0.1) is 26.1 Å². The zero-order chi connectivity index (χ0) is 10.2. The van der Waals surface area contributed by atoms with Gasteiger partial charge >= 0.3 is 0 Å². The summed E-state index contributed by atoms with van der Waals surface area (Å²) in [4.78, 5) is 4.28. The van der Waals surface area contributed by atoms with Gasteiger partial charge < -0.3 is 0 Å². The van der Waals surface area contributed by atoms with Crippen LogP contribution >= 0.6 is 21.2 Å². The summed E-state index contributed by atoms with van der Waals surface area (Å²) in [6.45, 7) is 0. The van der Waals surface area contributed by atoms with Crippen molar-refractivity contribution in [2.45, 2.75) is 4.90 Å². The van der Waals surface area contributed by atoms with Gasteiger partial charge in [0.1, 0.15) is 0 Å². The van der Waals surface area contributed by atoms with Crippen LogP contribution in [0, 0.1) is 0 Å². The number of hydrogen-bond donors (Lipinski definition) is 0. The summed E-state index contributed by atoms with van der Waals surface area (Å²) in [5, 5.41) is 1.83. The number of fused-ring (bicyclic) bond motifs is 1. The lowest BCUT2D eigenvalue weighted by Crippen LogP contribution is -1.89. The van der Waals surface area contributed by atoms with Crippen LogP contribution in [0.15, 0.2) is 41.6 Å². The molecule has 0 aliphatic carbocycles. The Bertz CT molecular complexity index is 580. The van der Waals surface area contributed by atoms with Gasteiger partial charge in [0.15, 0.2) is 0 Å². The van der Waals surface area contributed by atoms with E-state index >= 15 is 0 Å². The summed E-state index contributed by atoms with van der Waals surface area (Å²) in [7, 11) is -3.14. The summed E-state index contributed by atoms with van der Waals surface area (Å²) in [6, 6.07) is 6.79. The van der Waals surface area contributed by atoms with E-state index in [1.807, 2.05) is 0 Å². The molecule has 1 aromatic carbocycles. The third kappa shape index (κ3) is 1.88. The molecule has 14 heavy (non-hydrogen) atoms. The molecule has 1 heterocycles. The Morgan fingerprint density at radius 3 is 2.64 bits per heavy atom. The molecule has 5 heteroatoms. The summed E-state index contributed by atoms with van der Waals surface area (Å²) in [6.07, 6.45) is 3.35. The highest BCUT2D eigenvalue weighted by Gasteiger charge is 2.08. The normalized spacial score (nSPS) is 11.8. The minimum atomic E-state index is -3.14. The molecule has 2 rings (SSSR count). The molecule has 0 aliphatic heterocycles. The van der Waals surface area contributed by atoms with Crippen LogP contribution in [0.25, 0.3) is 10.8 Å². The first-order valence-electron chi connectivity index (χ1n) is 3.86. The van der Waals surface area contributed by atoms with Crippen LogP contribution in [-0.4, -0.2) is 13.4 Å². The van der Waals surface area contributed by atoms with Crippen molar-refractivity contribution in [3.63, 3.8) is 0 Å². The van der Waals surface area contributed by atoms with E-state index in [9.17, 15) is 8.42 Å². The van der Waals surface area contributed by atoms with Gasteiger partial charge in [0.25, 0.3) is 0 Å². The Hall–Kier alpha value is -0.690. The molecule has 72 valence electrons. The Labute approximate surface area is 93.7 Å². The third-order valence-corrected chi connectivity index (χ3v) is 4.24. The van der Waals surface area contributed by atoms with E-state index in [0.717, 1.165) is 10.8 Å². The van der Waals surface area contributed by atoms with Crippen LogP contribution in [0.4, 0.5) is 0 Å². The molecule has 0 aliphatic rings. The van der Waals surface area contributed by atoms with Crippen molar-refractivity contribution in [1.29, 1.82) is 0 Å². The van der Waals surface area contributed by atoms with Crippen molar-refractivity contribution in [3.8, 4) is 0 Å². The fourth-order valence-corrected chi connectivity index (χ4v) is 2.53. The zero-order valence-corrected chi connectivity index (χ0v) is 9.99. The number of hydrogen-bond acceptors (Lipinski definition) is 3. The topological polar surface area (TPSA) is 47.0 Å². The SMILES string of the molecule is O=S(=O)(I)c1ccc2cnccc2c1. The maximum Gasteiger partial charge on any atom is 0.231 e. The van der Waals surface area contributed by atoms with Crippen molar-refractivity contribution in [2.75, 3.05) is 0 Å². The van der Waals surface area contributed by atoms with E-state index < -0.39 is 7.01 Å². The molecule has 0 fully saturated rings. The van der Waals surface area contributed by atoms with Gasteiger partial charge in [-0.25, -0.2) is 8.42 Å². The lowest BCUT2D eigenvalue weighted by Gasteiger charge is -1.99.